The number of amides is 1. The number of carboxylic acid groups (broad SMARTS) is 1. The van der Waals surface area contributed by atoms with Crippen molar-refractivity contribution in [2.45, 2.75) is 13.0 Å². The number of nitrogens with two attached hydrogens (primary N) is 1. The fraction of sp³-hybridized carbons (Fsp3) is 0.167. The molecule has 106 valence electrons. The highest BCUT2D eigenvalue weighted by Crippen LogP contribution is 2.30. The lowest BCUT2D eigenvalue weighted by Gasteiger charge is -2.22. The van der Waals surface area contributed by atoms with Crippen molar-refractivity contribution in [1.29, 1.82) is 0 Å². The third kappa shape index (κ3) is 2.71. The van der Waals surface area contributed by atoms with E-state index in [2.05, 4.69) is 4.74 Å². The number of ether oxygens (including phenoxy) is 1. The topological polar surface area (TPSA) is 114 Å². The maximum absolute atomic E-state index is 11.7. The predicted molar refractivity (Wildman–Crippen MR) is 68.3 cm³/mol. The van der Waals surface area contributed by atoms with E-state index in [4.69, 9.17) is 15.8 Å². The number of hydroxylamine groups is 1. The van der Waals surface area contributed by atoms with Gasteiger partial charge in [-0.05, 0) is 19.1 Å². The summed E-state index contributed by atoms with van der Waals surface area (Å²) in [5, 5.41) is 9.85. The quantitative estimate of drug-likeness (QED) is 0.327. The summed E-state index contributed by atoms with van der Waals surface area (Å²) in [6, 6.07) is 6.44. The Morgan fingerprint density at radius 1 is 1.45 bits per heavy atom. The first kappa shape index (κ1) is 13.8. The fourth-order valence-electron chi connectivity index (χ4n) is 1.78. The normalized spacial score (nSPS) is 17.6. The highest BCUT2D eigenvalue weighted by atomic mass is 16.8. The van der Waals surface area contributed by atoms with Gasteiger partial charge in [-0.25, -0.2) is 10.6 Å². The van der Waals surface area contributed by atoms with Gasteiger partial charge in [-0.3, -0.25) is 15.1 Å². The zero-order valence-corrected chi connectivity index (χ0v) is 10.6. The molecule has 0 saturated heterocycles. The van der Waals surface area contributed by atoms with Crippen LogP contribution >= 0.6 is 0 Å². The number of nitrogen functional groups attached to an aromatic ring is 1. The van der Waals surface area contributed by atoms with Gasteiger partial charge in [0, 0.05) is 6.08 Å². The molecule has 0 saturated carbocycles. The molecule has 1 amide bonds. The summed E-state index contributed by atoms with van der Waals surface area (Å²) in [6.07, 6.45) is -0.385. The molecule has 1 aliphatic rings. The number of benzene rings is 1. The van der Waals surface area contributed by atoms with Crippen LogP contribution in [0.5, 0.6) is 0 Å². The molecule has 0 fully saturated rings. The maximum Gasteiger partial charge on any atom is 0.512 e. The number of nitrogens with zero attached hydrogens (tertiary/aromatic N) is 1. The highest BCUT2D eigenvalue weighted by molar-refractivity contribution is 5.99. The summed E-state index contributed by atoms with van der Waals surface area (Å²) in [4.78, 5) is 27.8. The molecule has 1 unspecified atom stereocenters. The second kappa shape index (κ2) is 5.59. The lowest BCUT2D eigenvalue weighted by molar-refractivity contribution is 0.0724. The van der Waals surface area contributed by atoms with E-state index in [0.717, 1.165) is 5.06 Å². The zero-order chi connectivity index (χ0) is 14.7. The van der Waals surface area contributed by atoms with Crippen molar-refractivity contribution in [3.8, 4) is 0 Å². The highest BCUT2D eigenvalue weighted by Gasteiger charge is 2.29. The van der Waals surface area contributed by atoms with Crippen LogP contribution in [0.3, 0.4) is 0 Å². The molecule has 1 atom stereocenters. The smallest absolute Gasteiger partial charge is 0.449 e. The minimum absolute atomic E-state index is 0.0257. The number of nitrogens with one attached hydrogen (secondary N) is 1. The number of hydrogen-bond acceptors (Lipinski definition) is 6. The van der Waals surface area contributed by atoms with Crippen molar-refractivity contribution in [3.05, 3.63) is 41.8 Å². The van der Waals surface area contributed by atoms with E-state index in [-0.39, 0.29) is 11.4 Å². The first-order valence-electron chi connectivity index (χ1n) is 5.72. The van der Waals surface area contributed by atoms with E-state index >= 15 is 0 Å². The third-order valence-electron chi connectivity index (χ3n) is 2.54. The number of hydrogen-bond donors (Lipinski definition) is 3. The fourth-order valence-corrected chi connectivity index (χ4v) is 1.78. The van der Waals surface area contributed by atoms with Crippen LogP contribution in [0.15, 0.2) is 36.2 Å². The minimum atomic E-state index is -1.47. The average molecular weight is 279 g/mol. The molecule has 0 aromatic heterocycles. The molecule has 1 aromatic carbocycles. The van der Waals surface area contributed by atoms with Gasteiger partial charge in [0.05, 0.1) is 11.3 Å². The van der Waals surface area contributed by atoms with E-state index in [9.17, 15) is 9.59 Å². The summed E-state index contributed by atoms with van der Waals surface area (Å²) in [6.45, 7) is 1.71. The van der Waals surface area contributed by atoms with Gasteiger partial charge in [-0.2, -0.15) is 5.06 Å². The molecule has 8 nitrogen and oxygen atoms in total. The first-order chi connectivity index (χ1) is 9.52. The molecule has 1 heterocycles. The molecule has 20 heavy (non-hydrogen) atoms. The van der Waals surface area contributed by atoms with Crippen LogP contribution in [0.4, 0.5) is 10.5 Å². The van der Waals surface area contributed by atoms with E-state index in [0.29, 0.717) is 5.69 Å². The minimum Gasteiger partial charge on any atom is -0.449 e. The van der Waals surface area contributed by atoms with E-state index in [1.807, 2.05) is 5.43 Å². The Hall–Kier alpha value is -2.58. The molecule has 0 bridgehead atoms. The second-order valence-corrected chi connectivity index (χ2v) is 3.97. The number of carbonyl (C=O) groups excluding carboxylic acids is 1. The largest absolute Gasteiger partial charge is 0.512 e. The van der Waals surface area contributed by atoms with Crippen molar-refractivity contribution in [2.24, 2.45) is 5.84 Å². The van der Waals surface area contributed by atoms with E-state index < -0.39 is 18.2 Å². The van der Waals surface area contributed by atoms with E-state index in [1.54, 1.807) is 25.1 Å². The first-order valence-corrected chi connectivity index (χ1v) is 5.72. The van der Waals surface area contributed by atoms with Gasteiger partial charge in [0.15, 0.2) is 0 Å². The third-order valence-corrected chi connectivity index (χ3v) is 2.54. The number of para-hydroxylation sites is 1. The van der Waals surface area contributed by atoms with Crippen LogP contribution in [0, 0.1) is 0 Å². The zero-order valence-electron chi connectivity index (χ0n) is 10.6. The molecule has 4 N–H and O–H groups in total. The molecule has 0 aliphatic carbocycles. The van der Waals surface area contributed by atoms with Gasteiger partial charge in [0.2, 0.25) is 5.88 Å². The Morgan fingerprint density at radius 2 is 2.15 bits per heavy atom. The number of rotatable bonds is 3. The Labute approximate surface area is 114 Å². The van der Waals surface area contributed by atoms with Crippen LogP contribution in [-0.4, -0.2) is 23.3 Å². The number of carbonyl (C=O) groups is 2. The van der Waals surface area contributed by atoms with Crippen LogP contribution < -0.4 is 16.3 Å². The molecule has 2 rings (SSSR count). The molecule has 0 radical (unpaired) electrons. The SMILES string of the molecule is CC1C=C(OC(=O)O)N(c2ccccc2C(=O)NN)O1. The van der Waals surface area contributed by atoms with Gasteiger partial charge in [0.1, 0.15) is 6.10 Å². The van der Waals surface area contributed by atoms with Gasteiger partial charge >= 0.3 is 6.16 Å². The van der Waals surface area contributed by atoms with Crippen molar-refractivity contribution in [1.82, 2.24) is 5.43 Å². The van der Waals surface area contributed by atoms with Crippen molar-refractivity contribution in [3.63, 3.8) is 0 Å². The Kier molecular flexibility index (Phi) is 3.87. The van der Waals surface area contributed by atoms with Crippen LogP contribution in [0.25, 0.3) is 0 Å². The second-order valence-electron chi connectivity index (χ2n) is 3.97. The van der Waals surface area contributed by atoms with Gasteiger partial charge in [-0.15, -0.1) is 0 Å². The summed E-state index contributed by atoms with van der Waals surface area (Å²) >= 11 is 0. The molecule has 0 spiro atoms. The monoisotopic (exact) mass is 279 g/mol. The van der Waals surface area contributed by atoms with Crippen LogP contribution in [0.2, 0.25) is 0 Å². The molecule has 1 aliphatic heterocycles. The van der Waals surface area contributed by atoms with Gasteiger partial charge in [-0.1, -0.05) is 12.1 Å². The number of hydrazine groups is 1. The number of anilines is 1. The summed E-state index contributed by atoms with van der Waals surface area (Å²) < 4.78 is 4.63. The van der Waals surface area contributed by atoms with Gasteiger partial charge in [0.25, 0.3) is 5.91 Å². The lowest BCUT2D eigenvalue weighted by Crippen LogP contribution is -2.32. The van der Waals surface area contributed by atoms with Crippen LogP contribution in [0.1, 0.15) is 17.3 Å². The Bertz CT molecular complexity index is 572. The molecular weight excluding hydrogens is 266 g/mol. The van der Waals surface area contributed by atoms with Gasteiger partial charge < -0.3 is 9.84 Å². The van der Waals surface area contributed by atoms with Crippen molar-refractivity contribution >= 4 is 17.7 Å². The maximum atomic E-state index is 11.7. The van der Waals surface area contributed by atoms with E-state index in [1.165, 1.54) is 12.1 Å². The van der Waals surface area contributed by atoms with Crippen LogP contribution in [-0.2, 0) is 9.57 Å². The average Bonchev–Trinajstić information content (AvgIpc) is 2.77. The summed E-state index contributed by atoms with van der Waals surface area (Å²) in [5.41, 5.74) is 2.57. The lowest BCUT2D eigenvalue weighted by atomic mass is 10.1. The van der Waals surface area contributed by atoms with Crippen molar-refractivity contribution < 1.29 is 24.3 Å². The summed E-state index contributed by atoms with van der Waals surface area (Å²) in [7, 11) is 0. The standard InChI is InChI=1S/C12H13N3O5/c1-7-6-10(19-12(17)18)15(20-7)9-5-3-2-4-8(9)11(16)14-13/h2-7H,13H2,1H3,(H,14,16)(H,17,18). The molecular formula is C12H13N3O5. The summed E-state index contributed by atoms with van der Waals surface area (Å²) in [5.74, 6) is 4.56. The Balaban J connectivity index is 2.38. The molecule has 1 aromatic rings. The Morgan fingerprint density at radius 3 is 2.80 bits per heavy atom. The predicted octanol–water partition coefficient (Wildman–Crippen LogP) is 0.966. The van der Waals surface area contributed by atoms with Crippen molar-refractivity contribution in [2.75, 3.05) is 5.06 Å². The molecule has 8 heteroatoms.